The molecule has 0 amide bonds. The number of hydrogen-bond donors (Lipinski definition) is 0. The SMILES string of the molecule is CCOC(=O)CC1=NCCC2C=C(OC)C(OC)=CC12. The first-order valence-electron chi connectivity index (χ1n) is 6.90. The highest BCUT2D eigenvalue weighted by Gasteiger charge is 2.33. The summed E-state index contributed by atoms with van der Waals surface area (Å²) in [7, 11) is 3.25. The molecular weight excluding hydrogens is 258 g/mol. The summed E-state index contributed by atoms with van der Waals surface area (Å²) in [5, 5.41) is 0. The lowest BCUT2D eigenvalue weighted by Crippen LogP contribution is -2.31. The maximum absolute atomic E-state index is 11.7. The van der Waals surface area contributed by atoms with Gasteiger partial charge in [-0.05, 0) is 31.4 Å². The van der Waals surface area contributed by atoms with E-state index < -0.39 is 0 Å². The van der Waals surface area contributed by atoms with Crippen molar-refractivity contribution in [2.45, 2.75) is 19.8 Å². The third-order valence-corrected chi connectivity index (χ3v) is 3.63. The molecule has 2 atom stereocenters. The third-order valence-electron chi connectivity index (χ3n) is 3.63. The van der Waals surface area contributed by atoms with Gasteiger partial charge in [-0.1, -0.05) is 0 Å². The number of esters is 1. The van der Waals surface area contributed by atoms with E-state index in [0.717, 1.165) is 24.4 Å². The van der Waals surface area contributed by atoms with Crippen molar-refractivity contribution in [3.63, 3.8) is 0 Å². The second-order valence-corrected chi connectivity index (χ2v) is 4.80. The van der Waals surface area contributed by atoms with Crippen molar-refractivity contribution in [1.29, 1.82) is 0 Å². The van der Waals surface area contributed by atoms with Crippen LogP contribution in [-0.2, 0) is 19.0 Å². The maximum atomic E-state index is 11.7. The van der Waals surface area contributed by atoms with Crippen molar-refractivity contribution in [2.24, 2.45) is 16.8 Å². The Balaban J connectivity index is 2.17. The molecule has 1 aliphatic carbocycles. The van der Waals surface area contributed by atoms with E-state index in [1.165, 1.54) is 0 Å². The Morgan fingerprint density at radius 1 is 1.30 bits per heavy atom. The van der Waals surface area contributed by atoms with Crippen molar-refractivity contribution in [2.75, 3.05) is 27.4 Å². The van der Waals surface area contributed by atoms with Crippen LogP contribution in [-0.4, -0.2) is 39.1 Å². The summed E-state index contributed by atoms with van der Waals surface area (Å²) in [4.78, 5) is 16.2. The molecule has 0 aromatic heterocycles. The summed E-state index contributed by atoms with van der Waals surface area (Å²) in [6.45, 7) is 2.94. The standard InChI is InChI=1S/C15H21NO4/c1-4-20-15(17)9-12-11-8-14(19-3)13(18-2)7-10(11)5-6-16-12/h7-8,10-11H,4-6,9H2,1-3H3. The Labute approximate surface area is 119 Å². The zero-order valence-corrected chi connectivity index (χ0v) is 12.2. The van der Waals surface area contributed by atoms with Crippen molar-refractivity contribution in [1.82, 2.24) is 0 Å². The molecule has 0 N–H and O–H groups in total. The number of nitrogens with zero attached hydrogens (tertiary/aromatic N) is 1. The van der Waals surface area contributed by atoms with Gasteiger partial charge < -0.3 is 14.2 Å². The number of hydrogen-bond acceptors (Lipinski definition) is 5. The fraction of sp³-hybridized carbons (Fsp3) is 0.600. The van der Waals surface area contributed by atoms with Gasteiger partial charge in [0.25, 0.3) is 0 Å². The van der Waals surface area contributed by atoms with Crippen LogP contribution >= 0.6 is 0 Å². The zero-order chi connectivity index (χ0) is 14.5. The van der Waals surface area contributed by atoms with Gasteiger partial charge in [0.05, 0.1) is 27.2 Å². The maximum Gasteiger partial charge on any atom is 0.311 e. The van der Waals surface area contributed by atoms with Crippen LogP contribution in [0.5, 0.6) is 0 Å². The molecule has 5 nitrogen and oxygen atoms in total. The van der Waals surface area contributed by atoms with Crippen LogP contribution in [0.4, 0.5) is 0 Å². The number of rotatable bonds is 5. The highest BCUT2D eigenvalue weighted by Crippen LogP contribution is 2.34. The van der Waals surface area contributed by atoms with E-state index in [4.69, 9.17) is 14.2 Å². The highest BCUT2D eigenvalue weighted by molar-refractivity contribution is 6.01. The molecule has 0 radical (unpaired) electrons. The highest BCUT2D eigenvalue weighted by atomic mass is 16.5. The van der Waals surface area contributed by atoms with E-state index in [9.17, 15) is 4.79 Å². The number of ether oxygens (including phenoxy) is 3. The molecule has 2 unspecified atom stereocenters. The van der Waals surface area contributed by atoms with Crippen LogP contribution in [0, 0.1) is 11.8 Å². The number of fused-ring (bicyclic) bond motifs is 1. The average molecular weight is 279 g/mol. The van der Waals surface area contributed by atoms with Crippen LogP contribution in [0.3, 0.4) is 0 Å². The van der Waals surface area contributed by atoms with Gasteiger partial charge in [-0.3, -0.25) is 9.79 Å². The molecule has 20 heavy (non-hydrogen) atoms. The first-order valence-corrected chi connectivity index (χ1v) is 6.90. The molecular formula is C15H21NO4. The lowest BCUT2D eigenvalue weighted by molar-refractivity contribution is -0.141. The molecule has 1 heterocycles. The van der Waals surface area contributed by atoms with Crippen LogP contribution in [0.2, 0.25) is 0 Å². The van der Waals surface area contributed by atoms with Crippen molar-refractivity contribution in [3.05, 3.63) is 23.7 Å². The number of methoxy groups -OCH3 is 2. The van der Waals surface area contributed by atoms with E-state index in [-0.39, 0.29) is 18.3 Å². The van der Waals surface area contributed by atoms with Gasteiger partial charge >= 0.3 is 5.97 Å². The molecule has 1 aliphatic heterocycles. The normalized spacial score (nSPS) is 24.9. The molecule has 0 bridgehead atoms. The molecule has 0 spiro atoms. The number of allylic oxidation sites excluding steroid dienone is 2. The van der Waals surface area contributed by atoms with E-state index >= 15 is 0 Å². The molecule has 110 valence electrons. The lowest BCUT2D eigenvalue weighted by Gasteiger charge is -2.31. The summed E-state index contributed by atoms with van der Waals surface area (Å²) in [6.07, 6.45) is 5.28. The van der Waals surface area contributed by atoms with Gasteiger partial charge in [0.2, 0.25) is 0 Å². The molecule has 0 saturated heterocycles. The van der Waals surface area contributed by atoms with Crippen molar-refractivity contribution >= 4 is 11.7 Å². The molecule has 5 heteroatoms. The number of carbonyl (C=O) groups excluding carboxylic acids is 1. The van der Waals surface area contributed by atoms with E-state index in [2.05, 4.69) is 11.1 Å². The predicted molar refractivity (Wildman–Crippen MR) is 75.3 cm³/mol. The lowest BCUT2D eigenvalue weighted by atomic mass is 9.79. The summed E-state index contributed by atoms with van der Waals surface area (Å²) >= 11 is 0. The van der Waals surface area contributed by atoms with Crippen molar-refractivity contribution < 1.29 is 19.0 Å². The smallest absolute Gasteiger partial charge is 0.311 e. The van der Waals surface area contributed by atoms with Gasteiger partial charge in [0.15, 0.2) is 11.5 Å². The molecule has 0 aromatic rings. The first kappa shape index (κ1) is 14.6. The topological polar surface area (TPSA) is 57.1 Å². The van der Waals surface area contributed by atoms with Crippen LogP contribution < -0.4 is 0 Å². The zero-order valence-electron chi connectivity index (χ0n) is 12.2. The van der Waals surface area contributed by atoms with Gasteiger partial charge in [-0.25, -0.2) is 0 Å². The first-order chi connectivity index (χ1) is 9.69. The van der Waals surface area contributed by atoms with E-state index in [1.807, 2.05) is 6.08 Å². The van der Waals surface area contributed by atoms with Gasteiger partial charge in [-0.15, -0.1) is 0 Å². The second kappa shape index (κ2) is 6.59. The predicted octanol–water partition coefficient (Wildman–Crippen LogP) is 2.09. The quantitative estimate of drug-likeness (QED) is 0.723. The van der Waals surface area contributed by atoms with Gasteiger partial charge in [0.1, 0.15) is 0 Å². The minimum absolute atomic E-state index is 0.0991. The Kier molecular flexibility index (Phi) is 4.82. The number of carbonyl (C=O) groups is 1. The molecule has 0 fully saturated rings. The molecule has 2 aliphatic rings. The fourth-order valence-corrected chi connectivity index (χ4v) is 2.69. The largest absolute Gasteiger partial charge is 0.493 e. The molecule has 2 rings (SSSR count). The van der Waals surface area contributed by atoms with Gasteiger partial charge in [0, 0.05) is 18.2 Å². The third kappa shape index (κ3) is 3.03. The Morgan fingerprint density at radius 2 is 2.00 bits per heavy atom. The summed E-state index contributed by atoms with van der Waals surface area (Å²) in [5.41, 5.74) is 0.876. The Bertz CT molecular complexity index is 464. The Hall–Kier alpha value is -1.78. The van der Waals surface area contributed by atoms with E-state index in [1.54, 1.807) is 21.1 Å². The summed E-state index contributed by atoms with van der Waals surface area (Å²) < 4.78 is 15.7. The number of aliphatic imine (C=N–C) groups is 1. The minimum Gasteiger partial charge on any atom is -0.493 e. The van der Waals surface area contributed by atoms with Crippen molar-refractivity contribution in [3.8, 4) is 0 Å². The van der Waals surface area contributed by atoms with Crippen LogP contribution in [0.25, 0.3) is 0 Å². The monoisotopic (exact) mass is 279 g/mol. The summed E-state index contributed by atoms with van der Waals surface area (Å²) in [5.74, 6) is 1.65. The second-order valence-electron chi connectivity index (χ2n) is 4.80. The minimum atomic E-state index is -0.221. The van der Waals surface area contributed by atoms with E-state index in [0.29, 0.717) is 18.3 Å². The van der Waals surface area contributed by atoms with Gasteiger partial charge in [-0.2, -0.15) is 0 Å². The summed E-state index contributed by atoms with van der Waals surface area (Å²) in [6, 6.07) is 0. The average Bonchev–Trinajstić information content (AvgIpc) is 2.46. The Morgan fingerprint density at radius 3 is 2.65 bits per heavy atom. The molecule has 0 saturated carbocycles. The van der Waals surface area contributed by atoms with Crippen LogP contribution in [0.15, 0.2) is 28.7 Å². The van der Waals surface area contributed by atoms with Crippen LogP contribution in [0.1, 0.15) is 19.8 Å². The molecule has 0 aromatic carbocycles. The fourth-order valence-electron chi connectivity index (χ4n) is 2.69.